The minimum Gasteiger partial charge on any atom is -0.480 e. The van der Waals surface area contributed by atoms with Gasteiger partial charge in [0.2, 0.25) is 0 Å². The first-order chi connectivity index (χ1) is 13.8. The monoisotopic (exact) mass is 396 g/mol. The lowest BCUT2D eigenvalue weighted by atomic mass is 10.0. The topological polar surface area (TPSA) is 115 Å². The van der Waals surface area contributed by atoms with Gasteiger partial charge in [-0.15, -0.1) is 0 Å². The van der Waals surface area contributed by atoms with Crippen LogP contribution in [0.4, 0.5) is 17.3 Å². The number of fused-ring (bicyclic) bond motifs is 2. The summed E-state index contributed by atoms with van der Waals surface area (Å²) < 4.78 is 11.0. The molecule has 0 bridgehead atoms. The number of carbonyl (C=O) groups excluding carboxylic acids is 3. The molecule has 0 saturated carbocycles. The Balaban J connectivity index is 1.68. The summed E-state index contributed by atoms with van der Waals surface area (Å²) in [5.41, 5.74) is 6.60. The molecule has 2 aliphatic heterocycles. The summed E-state index contributed by atoms with van der Waals surface area (Å²) in [6, 6.07) is 7.20. The molecule has 2 aromatic rings. The number of nitrogen functional groups attached to an aromatic ring is 1. The number of nitrogens with zero attached hydrogens (tertiary/aromatic N) is 3. The van der Waals surface area contributed by atoms with E-state index in [2.05, 4.69) is 4.98 Å². The second-order valence-corrected chi connectivity index (χ2v) is 6.99. The molecule has 2 aliphatic rings. The van der Waals surface area contributed by atoms with Crippen LogP contribution in [-0.2, 0) is 9.59 Å². The van der Waals surface area contributed by atoms with E-state index in [9.17, 15) is 14.4 Å². The van der Waals surface area contributed by atoms with E-state index >= 15 is 0 Å². The lowest BCUT2D eigenvalue weighted by molar-refractivity contribution is -0.125. The maximum absolute atomic E-state index is 13.2. The van der Waals surface area contributed by atoms with Gasteiger partial charge in [0.25, 0.3) is 11.8 Å². The van der Waals surface area contributed by atoms with Gasteiger partial charge in [-0.05, 0) is 44.2 Å². The minimum absolute atomic E-state index is 0.191. The van der Waals surface area contributed by atoms with Gasteiger partial charge >= 0.3 is 0 Å². The van der Waals surface area contributed by atoms with E-state index in [0.717, 1.165) is 0 Å². The molecule has 0 saturated heterocycles. The number of rotatable bonds is 3. The van der Waals surface area contributed by atoms with Crippen molar-refractivity contribution in [3.05, 3.63) is 35.9 Å². The number of likely N-dealkylation sites (N-methyl/N-ethyl adjacent to an activating group) is 1. The summed E-state index contributed by atoms with van der Waals surface area (Å²) in [4.78, 5) is 44.8. The summed E-state index contributed by atoms with van der Waals surface area (Å²) >= 11 is 0. The van der Waals surface area contributed by atoms with Crippen molar-refractivity contribution in [2.24, 2.45) is 0 Å². The average molecular weight is 396 g/mol. The third-order valence-corrected chi connectivity index (χ3v) is 5.06. The third-order valence-electron chi connectivity index (χ3n) is 5.06. The van der Waals surface area contributed by atoms with Crippen LogP contribution in [0.5, 0.6) is 11.5 Å². The highest BCUT2D eigenvalue weighted by molar-refractivity contribution is 6.10. The van der Waals surface area contributed by atoms with Gasteiger partial charge in [0.15, 0.2) is 30.1 Å². The number of anilines is 3. The predicted molar refractivity (Wildman–Crippen MR) is 105 cm³/mol. The van der Waals surface area contributed by atoms with Crippen LogP contribution in [-0.4, -0.2) is 48.4 Å². The van der Waals surface area contributed by atoms with E-state index < -0.39 is 12.1 Å². The van der Waals surface area contributed by atoms with E-state index in [1.54, 1.807) is 51.2 Å². The zero-order chi connectivity index (χ0) is 20.9. The maximum Gasteiger partial charge on any atom is 0.267 e. The van der Waals surface area contributed by atoms with E-state index in [-0.39, 0.29) is 35.8 Å². The number of ketones is 1. The van der Waals surface area contributed by atoms with Crippen LogP contribution >= 0.6 is 0 Å². The molecule has 1 aromatic heterocycles. The first-order valence-electron chi connectivity index (χ1n) is 9.12. The second kappa shape index (κ2) is 6.77. The minimum atomic E-state index is -0.845. The molecule has 150 valence electrons. The Labute approximate surface area is 167 Å². The zero-order valence-electron chi connectivity index (χ0n) is 16.2. The van der Waals surface area contributed by atoms with Crippen LogP contribution < -0.4 is 25.0 Å². The highest BCUT2D eigenvalue weighted by Crippen LogP contribution is 2.36. The Morgan fingerprint density at radius 3 is 2.72 bits per heavy atom. The number of carbonyl (C=O) groups is 3. The highest BCUT2D eigenvalue weighted by atomic mass is 16.5. The fourth-order valence-corrected chi connectivity index (χ4v) is 3.49. The molecule has 0 spiro atoms. The van der Waals surface area contributed by atoms with Gasteiger partial charge in [-0.3, -0.25) is 19.3 Å². The number of aromatic nitrogens is 1. The molecule has 2 atom stereocenters. The van der Waals surface area contributed by atoms with Gasteiger partial charge in [0.05, 0.1) is 11.7 Å². The SMILES string of the molecule is CC1Oc2ccc(C(=O)C(C)N3C(=O)COc4ccc(N)nc43)cc2N(C)C1=O. The Morgan fingerprint density at radius 2 is 1.97 bits per heavy atom. The summed E-state index contributed by atoms with van der Waals surface area (Å²) in [5, 5.41) is 0. The number of ether oxygens (including phenoxy) is 2. The quantitative estimate of drug-likeness (QED) is 0.780. The van der Waals surface area contributed by atoms with Gasteiger partial charge < -0.3 is 20.1 Å². The third kappa shape index (κ3) is 3.04. The molecule has 9 heteroatoms. The maximum atomic E-state index is 13.2. The van der Waals surface area contributed by atoms with Crippen LogP contribution in [0.25, 0.3) is 0 Å². The van der Waals surface area contributed by atoms with Crippen molar-refractivity contribution in [3.8, 4) is 11.5 Å². The molecular formula is C20H20N4O5. The zero-order valence-corrected chi connectivity index (χ0v) is 16.2. The Kier molecular flexibility index (Phi) is 4.37. The van der Waals surface area contributed by atoms with Crippen molar-refractivity contribution in [2.75, 3.05) is 29.2 Å². The smallest absolute Gasteiger partial charge is 0.267 e. The van der Waals surface area contributed by atoms with Crippen LogP contribution in [0.1, 0.15) is 24.2 Å². The summed E-state index contributed by atoms with van der Waals surface area (Å²) in [6.07, 6.45) is -0.591. The molecule has 2 N–H and O–H groups in total. The number of amides is 2. The molecule has 4 rings (SSSR count). The van der Waals surface area contributed by atoms with Crippen molar-refractivity contribution in [1.82, 2.24) is 4.98 Å². The first-order valence-corrected chi connectivity index (χ1v) is 9.12. The van der Waals surface area contributed by atoms with Crippen LogP contribution in [0.3, 0.4) is 0 Å². The predicted octanol–water partition coefficient (Wildman–Crippen LogP) is 1.40. The Morgan fingerprint density at radius 1 is 1.24 bits per heavy atom. The Bertz CT molecular complexity index is 1040. The van der Waals surface area contributed by atoms with Crippen molar-refractivity contribution < 1.29 is 23.9 Å². The number of Topliss-reactive ketones (excluding diaryl/α,β-unsaturated/α-hetero) is 1. The number of nitrogens with two attached hydrogens (primary N) is 1. The van der Waals surface area contributed by atoms with Gasteiger partial charge in [-0.1, -0.05) is 0 Å². The van der Waals surface area contributed by atoms with Gasteiger partial charge in [0.1, 0.15) is 11.6 Å². The average Bonchev–Trinajstić information content (AvgIpc) is 2.71. The summed E-state index contributed by atoms with van der Waals surface area (Å²) in [7, 11) is 1.63. The lowest BCUT2D eigenvalue weighted by Gasteiger charge is -2.33. The van der Waals surface area contributed by atoms with E-state index in [0.29, 0.717) is 22.7 Å². The van der Waals surface area contributed by atoms with E-state index in [1.165, 1.54) is 9.80 Å². The molecule has 29 heavy (non-hydrogen) atoms. The molecule has 9 nitrogen and oxygen atoms in total. The van der Waals surface area contributed by atoms with E-state index in [4.69, 9.17) is 15.2 Å². The molecule has 0 radical (unpaired) electrons. The Hall–Kier alpha value is -3.62. The van der Waals surface area contributed by atoms with Crippen molar-refractivity contribution in [3.63, 3.8) is 0 Å². The van der Waals surface area contributed by atoms with Gasteiger partial charge in [-0.25, -0.2) is 4.98 Å². The number of hydrogen-bond acceptors (Lipinski definition) is 7. The standard InChI is InChI=1S/C20H20N4O5/c1-10(24-17(25)9-28-15-6-7-16(21)22-19(15)24)18(26)12-4-5-14-13(8-12)23(3)20(27)11(2)29-14/h4-8,10-11H,9H2,1-3H3,(H2,21,22). The molecule has 1 aromatic carbocycles. The van der Waals surface area contributed by atoms with Crippen molar-refractivity contribution in [2.45, 2.75) is 26.0 Å². The first kappa shape index (κ1) is 18.7. The fourth-order valence-electron chi connectivity index (χ4n) is 3.49. The number of hydrogen-bond donors (Lipinski definition) is 1. The fraction of sp³-hybridized carbons (Fsp3) is 0.300. The van der Waals surface area contributed by atoms with Crippen molar-refractivity contribution in [1.29, 1.82) is 0 Å². The second-order valence-electron chi connectivity index (χ2n) is 6.99. The van der Waals surface area contributed by atoms with E-state index in [1.807, 2.05) is 0 Å². The molecule has 0 fully saturated rings. The van der Waals surface area contributed by atoms with Crippen LogP contribution in [0.2, 0.25) is 0 Å². The molecule has 3 heterocycles. The van der Waals surface area contributed by atoms with Gasteiger partial charge in [0, 0.05) is 12.6 Å². The molecule has 0 aliphatic carbocycles. The highest BCUT2D eigenvalue weighted by Gasteiger charge is 2.36. The number of benzene rings is 1. The molecule has 2 unspecified atom stereocenters. The van der Waals surface area contributed by atoms with Crippen LogP contribution in [0, 0.1) is 0 Å². The van der Waals surface area contributed by atoms with Crippen LogP contribution in [0.15, 0.2) is 30.3 Å². The number of pyridine rings is 1. The largest absolute Gasteiger partial charge is 0.480 e. The van der Waals surface area contributed by atoms with Gasteiger partial charge in [-0.2, -0.15) is 0 Å². The molecule has 2 amide bonds. The molecular weight excluding hydrogens is 376 g/mol. The summed E-state index contributed by atoms with van der Waals surface area (Å²) in [6.45, 7) is 3.10. The lowest BCUT2D eigenvalue weighted by Crippen LogP contribution is -2.48. The normalized spacial score (nSPS) is 19.1. The summed E-state index contributed by atoms with van der Waals surface area (Å²) in [5.74, 6) is 0.433. The van der Waals surface area contributed by atoms with Crippen molar-refractivity contribution >= 4 is 34.9 Å².